The standard InChI is InChI=1S/C25H25ClN4O5S/c1-18-6-10-21(11-7-18)28-25(32)17-35-23-12-8-19(9-13-23)15-27-29-24(31)16-30(36(2,33)34)22-5-3-4-20(26)14-22/h3-15H,16-17H2,1-2H3,(H,28,32)(H,29,31)/b27-15-. The van der Waals surface area contributed by atoms with Crippen LogP contribution >= 0.6 is 11.6 Å². The molecule has 0 aliphatic rings. The molecule has 0 aliphatic heterocycles. The van der Waals surface area contributed by atoms with Gasteiger partial charge in [0.1, 0.15) is 12.3 Å². The lowest BCUT2D eigenvalue weighted by atomic mass is 10.2. The van der Waals surface area contributed by atoms with Gasteiger partial charge >= 0.3 is 0 Å². The highest BCUT2D eigenvalue weighted by Gasteiger charge is 2.20. The second kappa shape index (κ2) is 12.2. The van der Waals surface area contributed by atoms with Crippen molar-refractivity contribution >= 4 is 51.0 Å². The van der Waals surface area contributed by atoms with Gasteiger partial charge in [0.15, 0.2) is 6.61 Å². The van der Waals surface area contributed by atoms with Crippen molar-refractivity contribution in [3.8, 4) is 5.75 Å². The van der Waals surface area contributed by atoms with Crippen molar-refractivity contribution in [2.75, 3.05) is 29.0 Å². The lowest BCUT2D eigenvalue weighted by molar-refractivity contribution is -0.119. The second-order valence-electron chi connectivity index (χ2n) is 7.81. The van der Waals surface area contributed by atoms with Crippen molar-refractivity contribution in [2.45, 2.75) is 6.92 Å². The van der Waals surface area contributed by atoms with Crippen LogP contribution in [0, 0.1) is 6.92 Å². The highest BCUT2D eigenvalue weighted by atomic mass is 35.5. The van der Waals surface area contributed by atoms with Crippen LogP contribution in [-0.4, -0.2) is 45.9 Å². The van der Waals surface area contributed by atoms with E-state index >= 15 is 0 Å². The highest BCUT2D eigenvalue weighted by Crippen LogP contribution is 2.21. The summed E-state index contributed by atoms with van der Waals surface area (Å²) < 4.78 is 30.7. The summed E-state index contributed by atoms with van der Waals surface area (Å²) in [6.07, 6.45) is 2.40. The van der Waals surface area contributed by atoms with Gasteiger partial charge in [0, 0.05) is 10.7 Å². The number of carbonyl (C=O) groups excluding carboxylic acids is 2. The van der Waals surface area contributed by atoms with Gasteiger partial charge in [-0.15, -0.1) is 0 Å². The molecule has 3 rings (SSSR count). The summed E-state index contributed by atoms with van der Waals surface area (Å²) in [6, 6.07) is 20.3. The Morgan fingerprint density at radius 3 is 2.36 bits per heavy atom. The summed E-state index contributed by atoms with van der Waals surface area (Å²) >= 11 is 5.94. The number of amides is 2. The van der Waals surface area contributed by atoms with E-state index in [9.17, 15) is 18.0 Å². The summed E-state index contributed by atoms with van der Waals surface area (Å²) in [4.78, 5) is 24.3. The number of hydrogen-bond acceptors (Lipinski definition) is 6. The van der Waals surface area contributed by atoms with E-state index in [1.807, 2.05) is 31.2 Å². The fourth-order valence-corrected chi connectivity index (χ4v) is 4.04. The third-order valence-corrected chi connectivity index (χ3v) is 6.15. The van der Waals surface area contributed by atoms with Crippen molar-refractivity contribution in [3.63, 3.8) is 0 Å². The fraction of sp³-hybridized carbons (Fsp3) is 0.160. The molecule has 0 aliphatic carbocycles. The summed E-state index contributed by atoms with van der Waals surface area (Å²) in [5.41, 5.74) is 5.02. The molecule has 0 unspecified atom stereocenters. The predicted molar refractivity (Wildman–Crippen MR) is 141 cm³/mol. The Hall–Kier alpha value is -3.89. The zero-order valence-electron chi connectivity index (χ0n) is 19.6. The number of nitrogens with one attached hydrogen (secondary N) is 2. The Bertz CT molecular complexity index is 1340. The van der Waals surface area contributed by atoms with Gasteiger partial charge in [-0.05, 0) is 67.1 Å². The Morgan fingerprint density at radius 2 is 1.72 bits per heavy atom. The molecule has 0 radical (unpaired) electrons. The van der Waals surface area contributed by atoms with Crippen LogP contribution in [0.25, 0.3) is 0 Å². The maximum Gasteiger partial charge on any atom is 0.262 e. The average molecular weight is 529 g/mol. The van der Waals surface area contributed by atoms with E-state index in [4.69, 9.17) is 16.3 Å². The molecule has 0 aromatic heterocycles. The minimum Gasteiger partial charge on any atom is -0.484 e. The molecule has 0 spiro atoms. The quantitative estimate of drug-likeness (QED) is 0.308. The maximum absolute atomic E-state index is 12.3. The summed E-state index contributed by atoms with van der Waals surface area (Å²) in [5, 5.41) is 6.97. The summed E-state index contributed by atoms with van der Waals surface area (Å²) in [5.74, 6) is -0.426. The third-order valence-electron chi connectivity index (χ3n) is 4.77. The number of anilines is 2. The highest BCUT2D eigenvalue weighted by molar-refractivity contribution is 7.92. The van der Waals surface area contributed by atoms with Crippen LogP contribution in [0.2, 0.25) is 5.02 Å². The molecule has 0 fully saturated rings. The van der Waals surface area contributed by atoms with Crippen LogP contribution in [-0.2, 0) is 19.6 Å². The van der Waals surface area contributed by atoms with Crippen molar-refractivity contribution in [1.82, 2.24) is 5.43 Å². The van der Waals surface area contributed by atoms with Crippen LogP contribution < -0.4 is 19.8 Å². The van der Waals surface area contributed by atoms with Crippen LogP contribution in [0.15, 0.2) is 77.9 Å². The maximum atomic E-state index is 12.3. The molecule has 0 bridgehead atoms. The minimum atomic E-state index is -3.72. The number of aryl methyl sites for hydroxylation is 1. The van der Waals surface area contributed by atoms with Crippen molar-refractivity contribution in [2.24, 2.45) is 5.10 Å². The van der Waals surface area contributed by atoms with Gasteiger partial charge in [0.05, 0.1) is 18.2 Å². The number of ether oxygens (including phenoxy) is 1. The Labute approximate surface area is 214 Å². The average Bonchev–Trinajstić information content (AvgIpc) is 2.83. The van der Waals surface area contributed by atoms with Gasteiger partial charge in [0.25, 0.3) is 11.8 Å². The van der Waals surface area contributed by atoms with E-state index in [-0.39, 0.29) is 18.2 Å². The lowest BCUT2D eigenvalue weighted by Crippen LogP contribution is -2.39. The largest absolute Gasteiger partial charge is 0.484 e. The molecule has 9 nitrogen and oxygen atoms in total. The molecular formula is C25H25ClN4O5S. The number of hydrogen-bond donors (Lipinski definition) is 2. The SMILES string of the molecule is Cc1ccc(NC(=O)COc2ccc(/C=N\NC(=O)CN(c3cccc(Cl)c3)S(C)(=O)=O)cc2)cc1. The predicted octanol–water partition coefficient (Wildman–Crippen LogP) is 3.58. The molecular weight excluding hydrogens is 504 g/mol. The fourth-order valence-electron chi connectivity index (χ4n) is 3.01. The number of rotatable bonds is 10. The molecule has 2 N–H and O–H groups in total. The number of halogens is 1. The van der Waals surface area contributed by atoms with E-state index in [2.05, 4.69) is 15.8 Å². The van der Waals surface area contributed by atoms with Crippen molar-refractivity contribution < 1.29 is 22.7 Å². The molecule has 0 atom stereocenters. The first-order valence-electron chi connectivity index (χ1n) is 10.7. The molecule has 3 aromatic carbocycles. The van der Waals surface area contributed by atoms with Crippen molar-refractivity contribution in [1.29, 1.82) is 0 Å². The van der Waals surface area contributed by atoms with E-state index in [1.54, 1.807) is 42.5 Å². The van der Waals surface area contributed by atoms with Gasteiger partial charge in [0.2, 0.25) is 10.0 Å². The third kappa shape index (κ3) is 8.40. The topological polar surface area (TPSA) is 117 Å². The van der Waals surface area contributed by atoms with E-state index < -0.39 is 22.5 Å². The van der Waals surface area contributed by atoms with Crippen LogP contribution in [0.5, 0.6) is 5.75 Å². The zero-order chi connectivity index (χ0) is 26.1. The zero-order valence-corrected chi connectivity index (χ0v) is 21.2. The number of nitrogens with zero attached hydrogens (tertiary/aromatic N) is 2. The van der Waals surface area contributed by atoms with Crippen molar-refractivity contribution in [3.05, 3.63) is 88.9 Å². The Kier molecular flexibility index (Phi) is 9.04. The molecule has 3 aromatic rings. The number of hydrazone groups is 1. The molecule has 2 amide bonds. The molecule has 36 heavy (non-hydrogen) atoms. The molecule has 0 heterocycles. The first-order chi connectivity index (χ1) is 17.1. The Morgan fingerprint density at radius 1 is 1.03 bits per heavy atom. The number of carbonyl (C=O) groups is 2. The van der Waals surface area contributed by atoms with Gasteiger partial charge in [-0.3, -0.25) is 13.9 Å². The van der Waals surface area contributed by atoms with Crippen LogP contribution in [0.1, 0.15) is 11.1 Å². The monoisotopic (exact) mass is 528 g/mol. The lowest BCUT2D eigenvalue weighted by Gasteiger charge is -2.21. The molecule has 11 heteroatoms. The number of benzene rings is 3. The molecule has 0 saturated heterocycles. The Balaban J connectivity index is 1.49. The van der Waals surface area contributed by atoms with E-state index in [1.165, 1.54) is 12.3 Å². The second-order valence-corrected chi connectivity index (χ2v) is 10.2. The first-order valence-corrected chi connectivity index (χ1v) is 13.0. The minimum absolute atomic E-state index is 0.152. The van der Waals surface area contributed by atoms with E-state index in [0.29, 0.717) is 22.0 Å². The van der Waals surface area contributed by atoms with Crippen LogP contribution in [0.3, 0.4) is 0 Å². The van der Waals surface area contributed by atoms with Gasteiger partial charge in [-0.25, -0.2) is 13.8 Å². The van der Waals surface area contributed by atoms with Gasteiger partial charge in [-0.1, -0.05) is 35.4 Å². The summed E-state index contributed by atoms with van der Waals surface area (Å²) in [6.45, 7) is 1.35. The van der Waals surface area contributed by atoms with Gasteiger partial charge in [-0.2, -0.15) is 5.10 Å². The first kappa shape index (κ1) is 26.7. The number of sulfonamides is 1. The van der Waals surface area contributed by atoms with E-state index in [0.717, 1.165) is 16.1 Å². The molecule has 188 valence electrons. The van der Waals surface area contributed by atoms with Crippen LogP contribution in [0.4, 0.5) is 11.4 Å². The molecule has 0 saturated carbocycles. The smallest absolute Gasteiger partial charge is 0.262 e. The summed E-state index contributed by atoms with van der Waals surface area (Å²) in [7, 11) is -3.72. The normalized spacial score (nSPS) is 11.2. The van der Waals surface area contributed by atoms with Gasteiger partial charge < -0.3 is 10.1 Å².